The van der Waals surface area contributed by atoms with Gasteiger partial charge in [0.1, 0.15) is 0 Å². The summed E-state index contributed by atoms with van der Waals surface area (Å²) in [6.07, 6.45) is 1.10. The van der Waals surface area contributed by atoms with E-state index >= 15 is 0 Å². The van der Waals surface area contributed by atoms with E-state index < -0.39 is 0 Å². The van der Waals surface area contributed by atoms with Gasteiger partial charge in [0.15, 0.2) is 0 Å². The molecule has 2 nitrogen and oxygen atoms in total. The van der Waals surface area contributed by atoms with Crippen LogP contribution in [0.15, 0.2) is 0 Å². The van der Waals surface area contributed by atoms with Crippen LogP contribution in [0.1, 0.15) is 41.0 Å². The van der Waals surface area contributed by atoms with E-state index in [1.807, 2.05) is 0 Å². The molecule has 15 heavy (non-hydrogen) atoms. The summed E-state index contributed by atoms with van der Waals surface area (Å²) in [5.74, 6) is 1.44. The van der Waals surface area contributed by atoms with Gasteiger partial charge in [-0.2, -0.15) is 0 Å². The Hall–Kier alpha value is 0.354. The van der Waals surface area contributed by atoms with Gasteiger partial charge in [-0.3, -0.25) is 0 Å². The zero-order valence-electron chi connectivity index (χ0n) is 10.5. The lowest BCUT2D eigenvalue weighted by Gasteiger charge is -2.33. The minimum absolute atomic E-state index is 0.00177. The average molecular weight is 244 g/mol. The quantitative estimate of drug-likeness (QED) is 0.674. The van der Waals surface area contributed by atoms with E-state index in [1.165, 1.54) is 0 Å². The van der Waals surface area contributed by atoms with Crippen molar-refractivity contribution in [1.82, 2.24) is 0 Å². The largest absolute Gasteiger partial charge is 0.431 e. The monoisotopic (exact) mass is 244 g/mol. The predicted molar refractivity (Wildman–Crippen MR) is 66.9 cm³/mol. The first-order valence-corrected chi connectivity index (χ1v) is 7.83. The topological polar surface area (TPSA) is 40.5 Å². The molecular formula is C11H24O2Si2. The molecule has 0 aliphatic carbocycles. The Bertz CT molecular complexity index is 165. The smallest absolute Gasteiger partial charge is 0.228 e. The highest BCUT2D eigenvalue weighted by Gasteiger charge is 2.31. The summed E-state index contributed by atoms with van der Waals surface area (Å²) < 4.78 is 0. The summed E-state index contributed by atoms with van der Waals surface area (Å²) in [5.41, 5.74) is 0.686. The molecule has 0 aromatic heterocycles. The predicted octanol–water partition coefficient (Wildman–Crippen LogP) is 2.12. The maximum Gasteiger partial charge on any atom is 0.228 e. The second kappa shape index (κ2) is 7.60. The molecule has 0 rings (SSSR count). The summed E-state index contributed by atoms with van der Waals surface area (Å²) in [4.78, 5) is 18.9. The summed E-state index contributed by atoms with van der Waals surface area (Å²) in [5, 5.41) is 0. The Balaban J connectivity index is 4.53. The molecule has 0 aliphatic rings. The summed E-state index contributed by atoms with van der Waals surface area (Å²) in [7, 11) is -0.00894. The molecule has 0 aromatic carbocycles. The first-order valence-electron chi connectivity index (χ1n) is 5.78. The molecule has 0 saturated heterocycles. The van der Waals surface area contributed by atoms with E-state index in [9.17, 15) is 9.59 Å². The van der Waals surface area contributed by atoms with Gasteiger partial charge >= 0.3 is 0 Å². The molecule has 4 atom stereocenters. The van der Waals surface area contributed by atoms with Gasteiger partial charge in [-0.1, -0.05) is 41.0 Å². The Morgan fingerprint density at radius 2 is 1.40 bits per heavy atom. The first-order chi connectivity index (χ1) is 6.99. The van der Waals surface area contributed by atoms with Crippen LogP contribution in [0.2, 0.25) is 11.1 Å². The van der Waals surface area contributed by atoms with Crippen LogP contribution < -0.4 is 0 Å². The second-order valence-electron chi connectivity index (χ2n) is 4.80. The van der Waals surface area contributed by atoms with Crippen molar-refractivity contribution in [3.05, 3.63) is 0 Å². The van der Waals surface area contributed by atoms with E-state index in [2.05, 4.69) is 34.6 Å². The van der Waals surface area contributed by atoms with E-state index in [4.69, 9.17) is 0 Å². The molecule has 88 valence electrons. The molecular weight excluding hydrogens is 220 g/mol. The Kier molecular flexibility index (Phi) is 7.78. The highest BCUT2D eigenvalue weighted by atomic mass is 28.2. The third-order valence-corrected chi connectivity index (χ3v) is 6.29. The number of hydrogen-bond acceptors (Lipinski definition) is 2. The molecule has 0 bridgehead atoms. The highest BCUT2D eigenvalue weighted by Crippen LogP contribution is 2.38. The molecule has 0 fully saturated rings. The third-order valence-electron chi connectivity index (χ3n) is 3.41. The Morgan fingerprint density at radius 1 is 0.933 bits per heavy atom. The van der Waals surface area contributed by atoms with Gasteiger partial charge in [-0.05, 0) is 28.8 Å². The van der Waals surface area contributed by atoms with Gasteiger partial charge in [0.2, 0.25) is 19.5 Å². The van der Waals surface area contributed by atoms with Gasteiger partial charge < -0.3 is 9.59 Å². The van der Waals surface area contributed by atoms with Crippen molar-refractivity contribution < 1.29 is 9.59 Å². The fourth-order valence-corrected chi connectivity index (χ4v) is 3.98. The van der Waals surface area contributed by atoms with Crippen LogP contribution in [-0.4, -0.2) is 29.1 Å². The molecule has 0 amide bonds. The molecule has 0 saturated carbocycles. The highest BCUT2D eigenvalue weighted by molar-refractivity contribution is 6.30. The zero-order chi connectivity index (χ0) is 12.0. The fourth-order valence-electron chi connectivity index (χ4n) is 2.11. The summed E-state index contributed by atoms with van der Waals surface area (Å²) in [6, 6.07) is 0. The van der Waals surface area contributed by atoms with Crippen LogP contribution in [-0.2, 0) is 0 Å². The minimum atomic E-state index is -0.00716. The van der Waals surface area contributed by atoms with E-state index in [1.54, 1.807) is 0 Å². The van der Waals surface area contributed by atoms with E-state index in [0.717, 1.165) is 6.42 Å². The van der Waals surface area contributed by atoms with Crippen LogP contribution in [0.3, 0.4) is 0 Å². The lowest BCUT2D eigenvalue weighted by atomic mass is 9.87. The molecule has 4 heteroatoms. The van der Waals surface area contributed by atoms with Crippen LogP contribution in [0.25, 0.3) is 0 Å². The number of rotatable bonds is 7. The summed E-state index contributed by atoms with van der Waals surface area (Å²) in [6.45, 7) is 10.8. The number of hydrogen-bond donors (Lipinski definition) is 2. The molecule has 0 aliphatic heterocycles. The van der Waals surface area contributed by atoms with E-state index in [0.29, 0.717) is 28.8 Å². The molecule has 0 heterocycles. The van der Waals surface area contributed by atoms with Crippen molar-refractivity contribution in [2.45, 2.75) is 52.1 Å². The third kappa shape index (κ3) is 4.38. The molecule has 0 aromatic rings. The van der Waals surface area contributed by atoms with Crippen molar-refractivity contribution in [3.8, 4) is 0 Å². The van der Waals surface area contributed by atoms with Crippen molar-refractivity contribution in [2.24, 2.45) is 17.8 Å². The SMILES string of the molecule is CCC(C)C([Si]O)C(C)C([Si]O)C(C)C. The van der Waals surface area contributed by atoms with Gasteiger partial charge in [-0.25, -0.2) is 0 Å². The molecule has 2 N–H and O–H groups in total. The van der Waals surface area contributed by atoms with Crippen molar-refractivity contribution >= 4 is 19.5 Å². The van der Waals surface area contributed by atoms with Gasteiger partial charge in [0.05, 0.1) is 0 Å². The van der Waals surface area contributed by atoms with Crippen molar-refractivity contribution in [2.75, 3.05) is 0 Å². The molecule has 0 spiro atoms. The Morgan fingerprint density at radius 3 is 1.67 bits per heavy atom. The van der Waals surface area contributed by atoms with Crippen molar-refractivity contribution in [3.63, 3.8) is 0 Å². The first kappa shape index (κ1) is 15.4. The standard InChI is InChI=1S/C11H24O2Si2/c1-6-8(4)11(15-13)9(5)10(14-12)7(2)3/h7-13H,6H2,1-5H3. The fraction of sp³-hybridized carbons (Fsp3) is 1.00. The minimum Gasteiger partial charge on any atom is -0.431 e. The maximum absolute atomic E-state index is 9.47. The van der Waals surface area contributed by atoms with Gasteiger partial charge in [-0.15, -0.1) is 0 Å². The average Bonchev–Trinajstić information content (AvgIpc) is 2.19. The van der Waals surface area contributed by atoms with Crippen LogP contribution in [0, 0.1) is 17.8 Å². The second-order valence-corrected chi connectivity index (χ2v) is 6.65. The summed E-state index contributed by atoms with van der Waals surface area (Å²) >= 11 is 0. The maximum atomic E-state index is 9.47. The van der Waals surface area contributed by atoms with Crippen LogP contribution in [0.4, 0.5) is 0 Å². The van der Waals surface area contributed by atoms with Gasteiger partial charge in [0.25, 0.3) is 0 Å². The van der Waals surface area contributed by atoms with Crippen LogP contribution >= 0.6 is 0 Å². The van der Waals surface area contributed by atoms with Crippen molar-refractivity contribution in [1.29, 1.82) is 0 Å². The lowest BCUT2D eigenvalue weighted by Crippen LogP contribution is -2.28. The Labute approximate surface area is 99.4 Å². The lowest BCUT2D eigenvalue weighted by molar-refractivity contribution is 0.319. The van der Waals surface area contributed by atoms with Gasteiger partial charge in [0, 0.05) is 0 Å². The molecule has 4 unspecified atom stereocenters. The normalized spacial score (nSPS) is 20.0. The van der Waals surface area contributed by atoms with Crippen LogP contribution in [0.5, 0.6) is 0 Å². The molecule has 4 radical (unpaired) electrons. The van der Waals surface area contributed by atoms with E-state index in [-0.39, 0.29) is 19.5 Å². The zero-order valence-corrected chi connectivity index (χ0v) is 12.5.